The lowest BCUT2D eigenvalue weighted by Gasteiger charge is -2.16. The van der Waals surface area contributed by atoms with Crippen molar-refractivity contribution in [3.63, 3.8) is 0 Å². The fraction of sp³-hybridized carbons (Fsp3) is 0.583. The molecule has 1 amide bonds. The van der Waals surface area contributed by atoms with Gasteiger partial charge in [0.05, 0.1) is 6.10 Å². The molecule has 92 valence electrons. The number of amides is 1. The Balaban J connectivity index is 1.85. The number of carbonyl (C=O) groups excluding carboxylic acids is 1. The molecule has 1 saturated heterocycles. The van der Waals surface area contributed by atoms with Crippen LogP contribution in [0.3, 0.4) is 0 Å². The van der Waals surface area contributed by atoms with Crippen LogP contribution in [0, 0.1) is 0 Å². The molecule has 3 rings (SSSR count). The minimum Gasteiger partial charge on any atom is -0.391 e. The van der Waals surface area contributed by atoms with Crippen LogP contribution in [0.2, 0.25) is 0 Å². The van der Waals surface area contributed by atoms with Gasteiger partial charge < -0.3 is 14.6 Å². The van der Waals surface area contributed by atoms with Crippen LogP contribution in [-0.4, -0.2) is 39.7 Å². The predicted molar refractivity (Wildman–Crippen MR) is 66.9 cm³/mol. The van der Waals surface area contributed by atoms with Gasteiger partial charge in [0.2, 0.25) is 0 Å². The van der Waals surface area contributed by atoms with E-state index in [2.05, 4.69) is 20.5 Å². The van der Waals surface area contributed by atoms with Gasteiger partial charge in [-0.25, -0.2) is 0 Å². The van der Waals surface area contributed by atoms with E-state index in [1.807, 2.05) is 12.3 Å². The zero-order chi connectivity index (χ0) is 12.0. The first-order chi connectivity index (χ1) is 8.15. The third kappa shape index (κ3) is 2.13. The van der Waals surface area contributed by atoms with E-state index in [1.54, 1.807) is 4.90 Å². The Hall–Kier alpha value is -0.810. The average molecular weight is 299 g/mol. The summed E-state index contributed by atoms with van der Waals surface area (Å²) >= 11 is 3.43. The first-order valence-electron chi connectivity index (χ1n) is 6.00. The number of likely N-dealkylation sites (tertiary alicyclic amines) is 1. The lowest BCUT2D eigenvalue weighted by molar-refractivity contribution is 0.0754. The molecule has 1 aromatic heterocycles. The molecule has 1 unspecified atom stereocenters. The van der Waals surface area contributed by atoms with Gasteiger partial charge >= 0.3 is 0 Å². The number of aromatic nitrogens is 1. The second-order valence-electron chi connectivity index (χ2n) is 4.88. The Morgan fingerprint density at radius 2 is 2.18 bits per heavy atom. The van der Waals surface area contributed by atoms with Crippen molar-refractivity contribution in [1.82, 2.24) is 9.47 Å². The molecule has 1 aromatic rings. The van der Waals surface area contributed by atoms with Crippen LogP contribution in [-0.2, 0) is 0 Å². The summed E-state index contributed by atoms with van der Waals surface area (Å²) in [7, 11) is 0. The second kappa shape index (κ2) is 4.14. The number of carbonyl (C=O) groups is 1. The van der Waals surface area contributed by atoms with Crippen molar-refractivity contribution in [2.75, 3.05) is 13.1 Å². The van der Waals surface area contributed by atoms with Gasteiger partial charge in [-0.3, -0.25) is 4.79 Å². The van der Waals surface area contributed by atoms with Gasteiger partial charge in [0.15, 0.2) is 0 Å². The van der Waals surface area contributed by atoms with Crippen molar-refractivity contribution in [3.8, 4) is 0 Å². The van der Waals surface area contributed by atoms with E-state index in [4.69, 9.17) is 0 Å². The maximum Gasteiger partial charge on any atom is 0.270 e. The number of hydrogen-bond donors (Lipinski definition) is 1. The van der Waals surface area contributed by atoms with E-state index in [1.165, 1.54) is 0 Å². The topological polar surface area (TPSA) is 45.5 Å². The van der Waals surface area contributed by atoms with E-state index in [0.717, 1.165) is 23.0 Å². The van der Waals surface area contributed by atoms with Crippen LogP contribution in [0.1, 0.15) is 35.8 Å². The van der Waals surface area contributed by atoms with Gasteiger partial charge in [0.25, 0.3) is 5.91 Å². The van der Waals surface area contributed by atoms with E-state index in [0.29, 0.717) is 25.6 Å². The highest BCUT2D eigenvalue weighted by Gasteiger charge is 2.31. The van der Waals surface area contributed by atoms with Gasteiger partial charge in [-0.15, -0.1) is 0 Å². The third-order valence-corrected chi connectivity index (χ3v) is 3.86. The zero-order valence-electron chi connectivity index (χ0n) is 9.47. The normalized spacial score (nSPS) is 24.4. The Kier molecular flexibility index (Phi) is 2.75. The molecule has 0 bridgehead atoms. The molecule has 1 N–H and O–H groups in total. The second-order valence-corrected chi connectivity index (χ2v) is 5.79. The molecule has 17 heavy (non-hydrogen) atoms. The smallest absolute Gasteiger partial charge is 0.270 e. The summed E-state index contributed by atoms with van der Waals surface area (Å²) in [6.45, 7) is 1.12. The number of nitrogens with zero attached hydrogens (tertiary/aromatic N) is 2. The number of β-amino-alcohol motifs (C(OH)–C–C–N with tert-alkyl or cyclic N) is 1. The van der Waals surface area contributed by atoms with Crippen molar-refractivity contribution in [2.24, 2.45) is 0 Å². The van der Waals surface area contributed by atoms with Crippen molar-refractivity contribution >= 4 is 21.8 Å². The number of aliphatic hydroxyl groups is 1. The fourth-order valence-electron chi connectivity index (χ4n) is 2.36. The van der Waals surface area contributed by atoms with E-state index in [9.17, 15) is 9.90 Å². The largest absolute Gasteiger partial charge is 0.391 e. The van der Waals surface area contributed by atoms with Crippen LogP contribution in [0.5, 0.6) is 0 Å². The van der Waals surface area contributed by atoms with Crippen LogP contribution < -0.4 is 0 Å². The van der Waals surface area contributed by atoms with Gasteiger partial charge in [-0.1, -0.05) is 0 Å². The summed E-state index contributed by atoms with van der Waals surface area (Å²) in [6, 6.07) is 2.37. The highest BCUT2D eigenvalue weighted by atomic mass is 79.9. The Morgan fingerprint density at radius 3 is 2.76 bits per heavy atom. The molecule has 0 spiro atoms. The molecule has 5 heteroatoms. The molecule has 2 aliphatic rings. The van der Waals surface area contributed by atoms with Crippen LogP contribution in [0.15, 0.2) is 16.7 Å². The van der Waals surface area contributed by atoms with Gasteiger partial charge in [0, 0.05) is 29.8 Å². The summed E-state index contributed by atoms with van der Waals surface area (Å²) in [6.07, 6.45) is 4.63. The van der Waals surface area contributed by atoms with E-state index < -0.39 is 0 Å². The lowest BCUT2D eigenvalue weighted by atomic mass is 10.3. The Morgan fingerprint density at radius 1 is 1.41 bits per heavy atom. The summed E-state index contributed by atoms with van der Waals surface area (Å²) in [5.74, 6) is 0.0409. The molecule has 1 aliphatic carbocycles. The molecule has 4 nitrogen and oxygen atoms in total. The fourth-order valence-corrected chi connectivity index (χ4v) is 2.80. The Bertz CT molecular complexity index is 453. The van der Waals surface area contributed by atoms with E-state index in [-0.39, 0.29) is 12.0 Å². The number of aliphatic hydroxyl groups excluding tert-OH is 1. The van der Waals surface area contributed by atoms with Crippen LogP contribution in [0.4, 0.5) is 0 Å². The lowest BCUT2D eigenvalue weighted by Crippen LogP contribution is -2.31. The summed E-state index contributed by atoms with van der Waals surface area (Å²) in [5.41, 5.74) is 0.744. The van der Waals surface area contributed by atoms with Gasteiger partial charge in [-0.05, 0) is 41.3 Å². The van der Waals surface area contributed by atoms with Crippen LogP contribution >= 0.6 is 15.9 Å². The van der Waals surface area contributed by atoms with Gasteiger partial charge in [-0.2, -0.15) is 0 Å². The Labute approximate surface area is 108 Å². The predicted octanol–water partition coefficient (Wildman–Crippen LogP) is 1.79. The number of rotatable bonds is 2. The van der Waals surface area contributed by atoms with Crippen molar-refractivity contribution < 1.29 is 9.90 Å². The molecular formula is C12H15BrN2O2. The average Bonchev–Trinajstić information content (AvgIpc) is 2.94. The quantitative estimate of drug-likeness (QED) is 0.905. The first-order valence-corrected chi connectivity index (χ1v) is 6.79. The molecule has 0 radical (unpaired) electrons. The van der Waals surface area contributed by atoms with Crippen molar-refractivity contribution in [2.45, 2.75) is 31.4 Å². The monoisotopic (exact) mass is 298 g/mol. The highest BCUT2D eigenvalue weighted by Crippen LogP contribution is 2.37. The maximum atomic E-state index is 12.3. The van der Waals surface area contributed by atoms with Crippen molar-refractivity contribution in [1.29, 1.82) is 0 Å². The summed E-state index contributed by atoms with van der Waals surface area (Å²) < 4.78 is 3.02. The molecule has 0 aromatic carbocycles. The molecule has 1 atom stereocenters. The summed E-state index contributed by atoms with van der Waals surface area (Å²) in [4.78, 5) is 14.1. The van der Waals surface area contributed by atoms with Crippen molar-refractivity contribution in [3.05, 3.63) is 22.4 Å². The third-order valence-electron chi connectivity index (χ3n) is 3.43. The number of halogens is 1. The molecule has 2 fully saturated rings. The minimum absolute atomic E-state index is 0.0409. The highest BCUT2D eigenvalue weighted by molar-refractivity contribution is 9.10. The van der Waals surface area contributed by atoms with E-state index >= 15 is 0 Å². The minimum atomic E-state index is -0.355. The molecular weight excluding hydrogens is 284 g/mol. The molecule has 2 heterocycles. The molecule has 1 aliphatic heterocycles. The SMILES string of the molecule is O=C(c1cc(Br)cn1C1CC1)N1CCC(O)C1. The molecule has 1 saturated carbocycles. The van der Waals surface area contributed by atoms with Crippen LogP contribution in [0.25, 0.3) is 0 Å². The number of hydrogen-bond acceptors (Lipinski definition) is 2. The van der Waals surface area contributed by atoms with Gasteiger partial charge in [0.1, 0.15) is 5.69 Å². The zero-order valence-corrected chi connectivity index (χ0v) is 11.1. The standard InChI is InChI=1S/C12H15BrN2O2/c13-8-5-11(15(6-8)9-1-2-9)12(17)14-4-3-10(16)7-14/h5-6,9-10,16H,1-4,7H2. The summed E-state index contributed by atoms with van der Waals surface area (Å²) in [5, 5.41) is 9.48. The maximum absolute atomic E-state index is 12.3. The first kappa shape index (κ1) is 11.3.